The smallest absolute Gasteiger partial charge is 0.166 e. The summed E-state index contributed by atoms with van der Waals surface area (Å²) < 4.78 is 6.63. The van der Waals surface area contributed by atoms with Crippen LogP contribution in [0.1, 0.15) is 22.3 Å². The van der Waals surface area contributed by atoms with Crippen molar-refractivity contribution in [2.24, 2.45) is 0 Å². The lowest BCUT2D eigenvalue weighted by molar-refractivity contribution is 0.0962. The van der Waals surface area contributed by atoms with Crippen LogP contribution in [-0.2, 0) is 0 Å². The predicted octanol–water partition coefficient (Wildman–Crippen LogP) is 4.41. The molecule has 3 heteroatoms. The molecular formula is C16H15BrO2. The van der Waals surface area contributed by atoms with E-state index in [4.69, 9.17) is 4.74 Å². The summed E-state index contributed by atoms with van der Waals surface area (Å²) in [6.45, 7) is 2.38. The van der Waals surface area contributed by atoms with E-state index in [0.29, 0.717) is 13.0 Å². The average molecular weight is 319 g/mol. The predicted molar refractivity (Wildman–Crippen MR) is 79.8 cm³/mol. The lowest BCUT2D eigenvalue weighted by Crippen LogP contribution is -2.07. The summed E-state index contributed by atoms with van der Waals surface area (Å²) in [6, 6.07) is 15.2. The number of ketones is 1. The van der Waals surface area contributed by atoms with Gasteiger partial charge < -0.3 is 4.74 Å². The minimum absolute atomic E-state index is 0.105. The van der Waals surface area contributed by atoms with Crippen LogP contribution in [0.4, 0.5) is 0 Å². The quantitative estimate of drug-likeness (QED) is 0.763. The zero-order chi connectivity index (χ0) is 13.7. The lowest BCUT2D eigenvalue weighted by atomic mass is 10.1. The van der Waals surface area contributed by atoms with Gasteiger partial charge >= 0.3 is 0 Å². The minimum atomic E-state index is 0.105. The molecule has 0 heterocycles. The van der Waals surface area contributed by atoms with Crippen molar-refractivity contribution in [1.82, 2.24) is 0 Å². The van der Waals surface area contributed by atoms with Gasteiger partial charge in [-0.1, -0.05) is 52.3 Å². The van der Waals surface area contributed by atoms with Crippen molar-refractivity contribution in [2.75, 3.05) is 6.61 Å². The van der Waals surface area contributed by atoms with E-state index in [1.807, 2.05) is 55.5 Å². The maximum atomic E-state index is 11.9. The Morgan fingerprint density at radius 1 is 1.16 bits per heavy atom. The number of halogens is 1. The van der Waals surface area contributed by atoms with E-state index in [-0.39, 0.29) is 5.78 Å². The molecule has 0 aliphatic heterocycles. The Balaban J connectivity index is 1.90. The van der Waals surface area contributed by atoms with Gasteiger partial charge in [-0.25, -0.2) is 0 Å². The molecule has 2 aromatic rings. The second kappa shape index (κ2) is 6.53. The summed E-state index contributed by atoms with van der Waals surface area (Å²) in [7, 11) is 0. The van der Waals surface area contributed by atoms with Crippen LogP contribution in [0, 0.1) is 6.92 Å². The van der Waals surface area contributed by atoms with Crippen molar-refractivity contribution in [1.29, 1.82) is 0 Å². The van der Waals surface area contributed by atoms with E-state index in [1.165, 1.54) is 0 Å². The number of ether oxygens (including phenoxy) is 1. The number of carbonyl (C=O) groups is 1. The molecule has 0 amide bonds. The summed E-state index contributed by atoms with van der Waals surface area (Å²) in [5, 5.41) is 0. The second-order valence-corrected chi connectivity index (χ2v) is 5.21. The molecule has 19 heavy (non-hydrogen) atoms. The normalized spacial score (nSPS) is 10.2. The zero-order valence-corrected chi connectivity index (χ0v) is 12.3. The largest absolute Gasteiger partial charge is 0.493 e. The molecule has 0 saturated heterocycles. The van der Waals surface area contributed by atoms with Crippen LogP contribution in [-0.4, -0.2) is 12.4 Å². The highest BCUT2D eigenvalue weighted by Gasteiger charge is 2.06. The van der Waals surface area contributed by atoms with E-state index in [0.717, 1.165) is 21.3 Å². The van der Waals surface area contributed by atoms with E-state index >= 15 is 0 Å². The summed E-state index contributed by atoms with van der Waals surface area (Å²) >= 11 is 3.41. The fraction of sp³-hybridized carbons (Fsp3) is 0.188. The van der Waals surface area contributed by atoms with Gasteiger partial charge in [0.05, 0.1) is 6.61 Å². The molecule has 0 bridgehead atoms. The van der Waals surface area contributed by atoms with Crippen LogP contribution < -0.4 is 4.74 Å². The van der Waals surface area contributed by atoms with Crippen LogP contribution in [0.15, 0.2) is 53.0 Å². The van der Waals surface area contributed by atoms with Crippen LogP contribution in [0.5, 0.6) is 5.75 Å². The number of hydrogen-bond acceptors (Lipinski definition) is 2. The molecule has 98 valence electrons. The molecule has 0 aliphatic rings. The Kier molecular flexibility index (Phi) is 4.74. The molecule has 0 aromatic heterocycles. The number of benzene rings is 2. The Bertz CT molecular complexity index is 564. The van der Waals surface area contributed by atoms with Gasteiger partial charge in [-0.15, -0.1) is 0 Å². The molecule has 0 fully saturated rings. The molecule has 2 rings (SSSR count). The standard InChI is InChI=1S/C16H15BrO2/c1-12-7-8-14(17)11-16(12)19-10-9-15(18)13-5-3-2-4-6-13/h2-8,11H,9-10H2,1H3. The number of hydrogen-bond donors (Lipinski definition) is 0. The van der Waals surface area contributed by atoms with Gasteiger partial charge in [0.1, 0.15) is 5.75 Å². The Morgan fingerprint density at radius 3 is 2.63 bits per heavy atom. The Hall–Kier alpha value is -1.61. The van der Waals surface area contributed by atoms with Crippen molar-refractivity contribution in [3.05, 3.63) is 64.1 Å². The second-order valence-electron chi connectivity index (χ2n) is 4.30. The Labute approximate surface area is 121 Å². The molecule has 0 aliphatic carbocycles. The van der Waals surface area contributed by atoms with Crippen molar-refractivity contribution >= 4 is 21.7 Å². The van der Waals surface area contributed by atoms with Crippen molar-refractivity contribution in [2.45, 2.75) is 13.3 Å². The molecule has 0 radical (unpaired) electrons. The highest BCUT2D eigenvalue weighted by Crippen LogP contribution is 2.23. The van der Waals surface area contributed by atoms with Crippen LogP contribution >= 0.6 is 15.9 Å². The van der Waals surface area contributed by atoms with Gasteiger partial charge in [-0.2, -0.15) is 0 Å². The summed E-state index contributed by atoms with van der Waals surface area (Å²) in [5.74, 6) is 0.920. The van der Waals surface area contributed by atoms with E-state index in [2.05, 4.69) is 15.9 Å². The Morgan fingerprint density at radius 2 is 1.89 bits per heavy atom. The minimum Gasteiger partial charge on any atom is -0.493 e. The van der Waals surface area contributed by atoms with Crippen LogP contribution in [0.3, 0.4) is 0 Å². The number of rotatable bonds is 5. The first-order valence-corrected chi connectivity index (χ1v) is 6.93. The maximum Gasteiger partial charge on any atom is 0.166 e. The molecular weight excluding hydrogens is 304 g/mol. The first kappa shape index (κ1) is 13.8. The van der Waals surface area contributed by atoms with Gasteiger partial charge in [-0.3, -0.25) is 4.79 Å². The number of carbonyl (C=O) groups excluding carboxylic acids is 1. The van der Waals surface area contributed by atoms with E-state index in [9.17, 15) is 4.79 Å². The third-order valence-electron chi connectivity index (χ3n) is 2.83. The van der Waals surface area contributed by atoms with Crippen molar-refractivity contribution in [3.8, 4) is 5.75 Å². The highest BCUT2D eigenvalue weighted by atomic mass is 79.9. The van der Waals surface area contributed by atoms with Crippen molar-refractivity contribution in [3.63, 3.8) is 0 Å². The first-order valence-electron chi connectivity index (χ1n) is 6.14. The molecule has 2 aromatic carbocycles. The van der Waals surface area contributed by atoms with Gasteiger partial charge in [0.2, 0.25) is 0 Å². The topological polar surface area (TPSA) is 26.3 Å². The average Bonchev–Trinajstić information content (AvgIpc) is 2.43. The van der Waals surface area contributed by atoms with Gasteiger partial charge in [0, 0.05) is 16.5 Å². The number of aryl methyl sites for hydroxylation is 1. The van der Waals surface area contributed by atoms with Crippen molar-refractivity contribution < 1.29 is 9.53 Å². The molecule has 2 nitrogen and oxygen atoms in total. The van der Waals surface area contributed by atoms with Crippen LogP contribution in [0.25, 0.3) is 0 Å². The third-order valence-corrected chi connectivity index (χ3v) is 3.33. The van der Waals surface area contributed by atoms with Crippen LogP contribution in [0.2, 0.25) is 0 Å². The number of Topliss-reactive ketones (excluding diaryl/α,β-unsaturated/α-hetero) is 1. The summed E-state index contributed by atoms with van der Waals surface area (Å²) in [5.41, 5.74) is 1.80. The van der Waals surface area contributed by atoms with E-state index in [1.54, 1.807) is 0 Å². The lowest BCUT2D eigenvalue weighted by Gasteiger charge is -2.09. The van der Waals surface area contributed by atoms with Gasteiger partial charge in [-0.05, 0) is 24.6 Å². The molecule has 0 unspecified atom stereocenters. The third kappa shape index (κ3) is 3.93. The van der Waals surface area contributed by atoms with E-state index < -0.39 is 0 Å². The molecule has 0 spiro atoms. The summed E-state index contributed by atoms with van der Waals surface area (Å²) in [4.78, 5) is 11.9. The monoisotopic (exact) mass is 318 g/mol. The fourth-order valence-electron chi connectivity index (χ4n) is 1.75. The summed E-state index contributed by atoms with van der Waals surface area (Å²) in [6.07, 6.45) is 0.385. The fourth-order valence-corrected chi connectivity index (χ4v) is 2.09. The van der Waals surface area contributed by atoms with Gasteiger partial charge in [0.25, 0.3) is 0 Å². The highest BCUT2D eigenvalue weighted by molar-refractivity contribution is 9.10. The SMILES string of the molecule is Cc1ccc(Br)cc1OCCC(=O)c1ccccc1. The first-order chi connectivity index (χ1) is 9.16. The maximum absolute atomic E-state index is 11.9. The van der Waals surface area contributed by atoms with Gasteiger partial charge in [0.15, 0.2) is 5.78 Å². The zero-order valence-electron chi connectivity index (χ0n) is 10.7. The molecule has 0 saturated carbocycles. The molecule has 0 N–H and O–H groups in total. The molecule has 0 atom stereocenters.